The molecule has 1 saturated heterocycles. The first-order chi connectivity index (χ1) is 13.6. The largest absolute Gasteiger partial charge is 0.490 e. The molecular formula is C24H30N2O2. The summed E-state index contributed by atoms with van der Waals surface area (Å²) in [6.45, 7) is 10.7. The van der Waals surface area contributed by atoms with Gasteiger partial charge in [-0.05, 0) is 67.6 Å². The van der Waals surface area contributed by atoms with Crippen molar-refractivity contribution in [2.75, 3.05) is 24.6 Å². The topological polar surface area (TPSA) is 41.6 Å². The SMILES string of the molecule is C=CCOc1ccc(C(=O)N[C@H](C)c2ccc(N3CCC(C)CC3)cc2)cc1. The summed E-state index contributed by atoms with van der Waals surface area (Å²) in [5.74, 6) is 1.47. The van der Waals surface area contributed by atoms with Crippen molar-refractivity contribution < 1.29 is 9.53 Å². The number of anilines is 1. The summed E-state index contributed by atoms with van der Waals surface area (Å²) in [6, 6.07) is 15.7. The third-order valence-corrected chi connectivity index (χ3v) is 5.37. The number of carbonyl (C=O) groups excluding carboxylic acids is 1. The van der Waals surface area contributed by atoms with Crippen LogP contribution in [-0.2, 0) is 0 Å². The van der Waals surface area contributed by atoms with Crippen LogP contribution in [0.3, 0.4) is 0 Å². The molecule has 0 spiro atoms. The van der Waals surface area contributed by atoms with E-state index in [1.165, 1.54) is 18.5 Å². The average Bonchev–Trinajstić information content (AvgIpc) is 2.73. The lowest BCUT2D eigenvalue weighted by atomic mass is 9.98. The third kappa shape index (κ3) is 5.16. The van der Waals surface area contributed by atoms with Crippen LogP contribution in [0, 0.1) is 5.92 Å². The third-order valence-electron chi connectivity index (χ3n) is 5.37. The van der Waals surface area contributed by atoms with Crippen molar-refractivity contribution in [3.63, 3.8) is 0 Å². The smallest absolute Gasteiger partial charge is 0.251 e. The normalized spacial score (nSPS) is 15.7. The monoisotopic (exact) mass is 378 g/mol. The molecule has 0 unspecified atom stereocenters. The molecule has 3 rings (SSSR count). The molecule has 148 valence electrons. The molecule has 4 nitrogen and oxygen atoms in total. The van der Waals surface area contributed by atoms with Gasteiger partial charge < -0.3 is 15.0 Å². The van der Waals surface area contributed by atoms with E-state index < -0.39 is 0 Å². The van der Waals surface area contributed by atoms with E-state index in [4.69, 9.17) is 4.74 Å². The van der Waals surface area contributed by atoms with Gasteiger partial charge >= 0.3 is 0 Å². The first kappa shape index (κ1) is 20.0. The van der Waals surface area contributed by atoms with Crippen molar-refractivity contribution in [3.8, 4) is 5.75 Å². The lowest BCUT2D eigenvalue weighted by Crippen LogP contribution is -2.32. The first-order valence-electron chi connectivity index (χ1n) is 10.1. The van der Waals surface area contributed by atoms with E-state index in [2.05, 4.69) is 48.0 Å². The second kappa shape index (κ2) is 9.45. The van der Waals surface area contributed by atoms with Gasteiger partial charge in [-0.3, -0.25) is 4.79 Å². The number of hydrogen-bond donors (Lipinski definition) is 1. The lowest BCUT2D eigenvalue weighted by molar-refractivity contribution is 0.0940. The Balaban J connectivity index is 1.57. The number of piperidine rings is 1. The highest BCUT2D eigenvalue weighted by molar-refractivity contribution is 5.94. The van der Waals surface area contributed by atoms with Crippen molar-refractivity contribution in [3.05, 3.63) is 72.3 Å². The number of benzene rings is 2. The molecule has 0 aliphatic carbocycles. The first-order valence-corrected chi connectivity index (χ1v) is 10.1. The predicted molar refractivity (Wildman–Crippen MR) is 115 cm³/mol. The van der Waals surface area contributed by atoms with E-state index in [1.54, 1.807) is 30.3 Å². The molecule has 4 heteroatoms. The highest BCUT2D eigenvalue weighted by Crippen LogP contribution is 2.24. The van der Waals surface area contributed by atoms with Gasteiger partial charge in [-0.15, -0.1) is 0 Å². The molecule has 1 amide bonds. The molecule has 1 N–H and O–H groups in total. The number of nitrogens with zero attached hydrogens (tertiary/aromatic N) is 1. The van der Waals surface area contributed by atoms with Crippen LogP contribution in [-0.4, -0.2) is 25.6 Å². The second-order valence-electron chi connectivity index (χ2n) is 7.58. The van der Waals surface area contributed by atoms with Crippen molar-refractivity contribution in [1.29, 1.82) is 0 Å². The van der Waals surface area contributed by atoms with E-state index in [1.807, 2.05) is 6.92 Å². The van der Waals surface area contributed by atoms with E-state index >= 15 is 0 Å². The van der Waals surface area contributed by atoms with E-state index in [0.717, 1.165) is 30.3 Å². The maximum atomic E-state index is 12.5. The second-order valence-corrected chi connectivity index (χ2v) is 7.58. The zero-order valence-corrected chi connectivity index (χ0v) is 16.9. The fourth-order valence-corrected chi connectivity index (χ4v) is 3.46. The Kier molecular flexibility index (Phi) is 6.75. The van der Waals surface area contributed by atoms with Crippen molar-refractivity contribution in [1.82, 2.24) is 5.32 Å². The van der Waals surface area contributed by atoms with Crippen LogP contribution in [0.25, 0.3) is 0 Å². The fraction of sp³-hybridized carbons (Fsp3) is 0.375. The zero-order valence-electron chi connectivity index (χ0n) is 16.9. The quantitative estimate of drug-likeness (QED) is 0.691. The minimum Gasteiger partial charge on any atom is -0.490 e. The van der Waals surface area contributed by atoms with Crippen molar-refractivity contribution in [2.24, 2.45) is 5.92 Å². The Labute approximate surface area is 168 Å². The number of hydrogen-bond acceptors (Lipinski definition) is 3. The summed E-state index contributed by atoms with van der Waals surface area (Å²) in [7, 11) is 0. The van der Waals surface area contributed by atoms with Crippen LogP contribution in [0.1, 0.15) is 48.7 Å². The number of nitrogens with one attached hydrogen (secondary N) is 1. The van der Waals surface area contributed by atoms with Gasteiger partial charge in [0.1, 0.15) is 12.4 Å². The van der Waals surface area contributed by atoms with Gasteiger partial charge in [0.25, 0.3) is 5.91 Å². The van der Waals surface area contributed by atoms with Gasteiger partial charge in [-0.1, -0.05) is 31.7 Å². The van der Waals surface area contributed by atoms with Gasteiger partial charge in [-0.25, -0.2) is 0 Å². The summed E-state index contributed by atoms with van der Waals surface area (Å²) in [5, 5.41) is 3.07. The zero-order chi connectivity index (χ0) is 19.9. The van der Waals surface area contributed by atoms with Gasteiger partial charge in [0.15, 0.2) is 0 Å². The number of amides is 1. The summed E-state index contributed by atoms with van der Waals surface area (Å²) in [5.41, 5.74) is 2.99. The minimum absolute atomic E-state index is 0.0559. The number of ether oxygens (including phenoxy) is 1. The van der Waals surface area contributed by atoms with Crippen molar-refractivity contribution in [2.45, 2.75) is 32.7 Å². The standard InChI is InChI=1S/C24H30N2O2/c1-4-17-28-23-11-7-21(8-12-23)24(27)25-19(3)20-5-9-22(10-6-20)26-15-13-18(2)14-16-26/h4-12,18-19H,1,13-17H2,2-3H3,(H,25,27)/t19-/m1/s1. The molecule has 0 bridgehead atoms. The Morgan fingerprint density at radius 1 is 1.18 bits per heavy atom. The molecule has 1 aliphatic rings. The Hall–Kier alpha value is -2.75. The van der Waals surface area contributed by atoms with Crippen LogP contribution in [0.15, 0.2) is 61.2 Å². The van der Waals surface area contributed by atoms with Crippen LogP contribution in [0.2, 0.25) is 0 Å². The average molecular weight is 379 g/mol. The maximum Gasteiger partial charge on any atom is 0.251 e. The van der Waals surface area contributed by atoms with Gasteiger partial charge in [0.05, 0.1) is 6.04 Å². The van der Waals surface area contributed by atoms with E-state index in [9.17, 15) is 4.79 Å². The van der Waals surface area contributed by atoms with Crippen LogP contribution in [0.4, 0.5) is 5.69 Å². The molecule has 0 saturated carbocycles. The summed E-state index contributed by atoms with van der Waals surface area (Å²) < 4.78 is 5.45. The van der Waals surface area contributed by atoms with Gasteiger partial charge in [0.2, 0.25) is 0 Å². The minimum atomic E-state index is -0.0862. The lowest BCUT2D eigenvalue weighted by Gasteiger charge is -2.32. The molecule has 0 radical (unpaired) electrons. The molecule has 1 aliphatic heterocycles. The number of rotatable bonds is 7. The van der Waals surface area contributed by atoms with E-state index in [0.29, 0.717) is 12.2 Å². The molecule has 1 fully saturated rings. The number of carbonyl (C=O) groups is 1. The summed E-state index contributed by atoms with van der Waals surface area (Å²) in [4.78, 5) is 15.0. The molecule has 28 heavy (non-hydrogen) atoms. The molecule has 2 aromatic carbocycles. The molecule has 0 aromatic heterocycles. The summed E-state index contributed by atoms with van der Waals surface area (Å²) in [6.07, 6.45) is 4.20. The molecule has 1 heterocycles. The molecular weight excluding hydrogens is 348 g/mol. The highest BCUT2D eigenvalue weighted by atomic mass is 16.5. The Bertz CT molecular complexity index is 775. The van der Waals surface area contributed by atoms with Crippen LogP contribution < -0.4 is 15.0 Å². The molecule has 2 aromatic rings. The van der Waals surface area contributed by atoms with Crippen molar-refractivity contribution >= 4 is 11.6 Å². The Morgan fingerprint density at radius 3 is 2.43 bits per heavy atom. The molecule has 1 atom stereocenters. The van der Waals surface area contributed by atoms with Crippen LogP contribution >= 0.6 is 0 Å². The Morgan fingerprint density at radius 2 is 1.82 bits per heavy atom. The predicted octanol–water partition coefficient (Wildman–Crippen LogP) is 4.98. The van der Waals surface area contributed by atoms with E-state index in [-0.39, 0.29) is 11.9 Å². The van der Waals surface area contributed by atoms with Crippen LogP contribution in [0.5, 0.6) is 5.75 Å². The summed E-state index contributed by atoms with van der Waals surface area (Å²) >= 11 is 0. The van der Waals surface area contributed by atoms with Gasteiger partial charge in [-0.2, -0.15) is 0 Å². The highest BCUT2D eigenvalue weighted by Gasteiger charge is 2.17. The van der Waals surface area contributed by atoms with Gasteiger partial charge in [0, 0.05) is 24.3 Å². The fourth-order valence-electron chi connectivity index (χ4n) is 3.46. The maximum absolute atomic E-state index is 12.5.